The molecule has 1 heterocycles. The largest absolute Gasteiger partial charge is 0.399 e. The molecule has 2 aromatic rings. The molecule has 2 rings (SSSR count). The van der Waals surface area contributed by atoms with Crippen LogP contribution in [0, 0.1) is 0 Å². The number of hydrogen-bond donors (Lipinski definition) is 1. The topological polar surface area (TPSA) is 47.1 Å². The number of nitrogen functional groups attached to an aromatic ring is 1. The zero-order valence-electron chi connectivity index (χ0n) is 12.9. The summed E-state index contributed by atoms with van der Waals surface area (Å²) in [5.41, 5.74) is 10.2. The molecule has 0 aliphatic carbocycles. The van der Waals surface area contributed by atoms with Gasteiger partial charge in [-0.05, 0) is 54.0 Å². The van der Waals surface area contributed by atoms with Gasteiger partial charge in [-0.2, -0.15) is 5.10 Å². The second-order valence-corrected chi connectivity index (χ2v) is 6.09. The highest BCUT2D eigenvalue weighted by Gasteiger charge is 2.15. The number of anilines is 1. The maximum atomic E-state index is 5.84. The van der Waals surface area contributed by atoms with E-state index in [1.165, 1.54) is 11.3 Å². The Hall–Kier alpha value is -1.33. The monoisotopic (exact) mass is 350 g/mol. The van der Waals surface area contributed by atoms with E-state index < -0.39 is 0 Å². The molecule has 0 bridgehead atoms. The molecule has 1 aromatic heterocycles. The van der Waals surface area contributed by atoms with Crippen LogP contribution in [0.15, 0.2) is 28.7 Å². The first-order valence-corrected chi connectivity index (χ1v) is 8.11. The van der Waals surface area contributed by atoms with Gasteiger partial charge in [-0.1, -0.05) is 19.1 Å². The van der Waals surface area contributed by atoms with Gasteiger partial charge in [0.05, 0.1) is 15.9 Å². The Morgan fingerprint density at radius 3 is 2.67 bits per heavy atom. The van der Waals surface area contributed by atoms with Crippen molar-refractivity contribution in [2.75, 3.05) is 12.8 Å². The van der Waals surface area contributed by atoms with Crippen LogP contribution < -0.4 is 5.73 Å². The van der Waals surface area contributed by atoms with Gasteiger partial charge in [-0.15, -0.1) is 0 Å². The fourth-order valence-electron chi connectivity index (χ4n) is 2.48. The molecule has 21 heavy (non-hydrogen) atoms. The molecule has 0 aliphatic heterocycles. The summed E-state index contributed by atoms with van der Waals surface area (Å²) in [5.74, 6) is 0. The normalized spacial score (nSPS) is 11.3. The van der Waals surface area contributed by atoms with E-state index in [-0.39, 0.29) is 0 Å². The summed E-state index contributed by atoms with van der Waals surface area (Å²) in [5, 5.41) is 4.64. The molecule has 0 atom stereocenters. The van der Waals surface area contributed by atoms with Crippen molar-refractivity contribution in [2.24, 2.45) is 0 Å². The molecule has 0 radical (unpaired) electrons. The van der Waals surface area contributed by atoms with Gasteiger partial charge >= 0.3 is 0 Å². The van der Waals surface area contributed by atoms with E-state index >= 15 is 0 Å². The smallest absolute Gasteiger partial charge is 0.0767 e. The minimum atomic E-state index is 0.814. The van der Waals surface area contributed by atoms with Crippen molar-refractivity contribution in [3.8, 4) is 0 Å². The predicted molar refractivity (Wildman–Crippen MR) is 91.0 cm³/mol. The molecule has 2 N–H and O–H groups in total. The molecule has 5 heteroatoms. The summed E-state index contributed by atoms with van der Waals surface area (Å²) in [6.07, 6.45) is 0.944. The lowest BCUT2D eigenvalue weighted by atomic mass is 10.2. The van der Waals surface area contributed by atoms with E-state index in [0.717, 1.165) is 41.9 Å². The van der Waals surface area contributed by atoms with E-state index in [2.05, 4.69) is 57.6 Å². The van der Waals surface area contributed by atoms with E-state index in [0.29, 0.717) is 0 Å². The number of hydrogen-bond acceptors (Lipinski definition) is 3. The van der Waals surface area contributed by atoms with E-state index in [4.69, 9.17) is 5.73 Å². The average Bonchev–Trinajstić information content (AvgIpc) is 2.75. The van der Waals surface area contributed by atoms with Crippen molar-refractivity contribution in [3.63, 3.8) is 0 Å². The van der Waals surface area contributed by atoms with Crippen LogP contribution in [0.2, 0.25) is 0 Å². The van der Waals surface area contributed by atoms with Gasteiger partial charge in [0.25, 0.3) is 0 Å². The van der Waals surface area contributed by atoms with Gasteiger partial charge in [0.1, 0.15) is 0 Å². The highest BCUT2D eigenvalue weighted by Crippen LogP contribution is 2.24. The Bertz CT molecular complexity index is 606. The van der Waals surface area contributed by atoms with Gasteiger partial charge in [-0.3, -0.25) is 9.58 Å². The van der Waals surface area contributed by atoms with Crippen molar-refractivity contribution in [1.29, 1.82) is 0 Å². The molecule has 4 nitrogen and oxygen atoms in total. The average molecular weight is 351 g/mol. The number of aryl methyl sites for hydroxylation is 2. The summed E-state index contributed by atoms with van der Waals surface area (Å²) in [7, 11) is 2.12. The highest BCUT2D eigenvalue weighted by atomic mass is 79.9. The van der Waals surface area contributed by atoms with Crippen LogP contribution in [0.4, 0.5) is 5.69 Å². The molecule has 0 amide bonds. The molecule has 0 saturated heterocycles. The Kier molecular flexibility index (Phi) is 5.42. The van der Waals surface area contributed by atoms with Gasteiger partial charge in [-0.25, -0.2) is 0 Å². The van der Waals surface area contributed by atoms with Crippen molar-refractivity contribution in [1.82, 2.24) is 14.7 Å². The van der Waals surface area contributed by atoms with Crippen molar-refractivity contribution in [2.45, 2.75) is 39.9 Å². The maximum Gasteiger partial charge on any atom is 0.0767 e. The van der Waals surface area contributed by atoms with E-state index in [1.54, 1.807) is 0 Å². The molecule has 0 aliphatic rings. The maximum absolute atomic E-state index is 5.84. The minimum absolute atomic E-state index is 0.814. The third-order valence-electron chi connectivity index (χ3n) is 3.52. The lowest BCUT2D eigenvalue weighted by molar-refractivity contribution is 0.307. The molecular weight excluding hydrogens is 328 g/mol. The first kappa shape index (κ1) is 16.0. The number of halogens is 1. The van der Waals surface area contributed by atoms with Gasteiger partial charge in [0, 0.05) is 25.3 Å². The van der Waals surface area contributed by atoms with E-state index in [9.17, 15) is 0 Å². The van der Waals surface area contributed by atoms with Gasteiger partial charge in [0.15, 0.2) is 0 Å². The van der Waals surface area contributed by atoms with Crippen LogP contribution in [0.3, 0.4) is 0 Å². The predicted octanol–water partition coefficient (Wildman–Crippen LogP) is 3.44. The van der Waals surface area contributed by atoms with Gasteiger partial charge in [0.2, 0.25) is 0 Å². The molecular formula is C16H23BrN4. The summed E-state index contributed by atoms with van der Waals surface area (Å²) >= 11 is 3.70. The van der Waals surface area contributed by atoms with Crippen LogP contribution in [-0.2, 0) is 26.1 Å². The highest BCUT2D eigenvalue weighted by molar-refractivity contribution is 9.10. The fourth-order valence-corrected chi connectivity index (χ4v) is 3.17. The summed E-state index contributed by atoms with van der Waals surface area (Å²) < 4.78 is 3.23. The molecule has 114 valence electrons. The van der Waals surface area contributed by atoms with Crippen LogP contribution >= 0.6 is 15.9 Å². The SMILES string of the molecule is CCc1nn(CC)c(CN(C)Cc2cccc(N)c2)c1Br. The van der Waals surface area contributed by atoms with Crippen LogP contribution in [0.1, 0.15) is 30.8 Å². The molecule has 0 fully saturated rings. The second-order valence-electron chi connectivity index (χ2n) is 5.29. The number of rotatable bonds is 6. The van der Waals surface area contributed by atoms with Crippen molar-refractivity contribution in [3.05, 3.63) is 45.7 Å². The standard InChI is InChI=1S/C16H23BrN4/c1-4-14-16(17)15(21(5-2)19-14)11-20(3)10-12-7-6-8-13(18)9-12/h6-9H,4-5,10-11,18H2,1-3H3. The van der Waals surface area contributed by atoms with Crippen LogP contribution in [0.5, 0.6) is 0 Å². The summed E-state index contributed by atoms with van der Waals surface area (Å²) in [6, 6.07) is 8.05. The number of benzene rings is 1. The Labute approximate surface area is 135 Å². The first-order chi connectivity index (χ1) is 10.0. The summed E-state index contributed by atoms with van der Waals surface area (Å²) in [4.78, 5) is 2.28. The zero-order valence-corrected chi connectivity index (χ0v) is 14.5. The quantitative estimate of drug-likeness (QED) is 0.811. The van der Waals surface area contributed by atoms with Crippen molar-refractivity contribution >= 4 is 21.6 Å². The Balaban J connectivity index is 2.12. The number of nitrogens with two attached hydrogens (primary N) is 1. The minimum Gasteiger partial charge on any atom is -0.399 e. The first-order valence-electron chi connectivity index (χ1n) is 7.32. The van der Waals surface area contributed by atoms with Gasteiger partial charge < -0.3 is 5.73 Å². The molecule has 1 aromatic carbocycles. The number of aromatic nitrogens is 2. The fraction of sp³-hybridized carbons (Fsp3) is 0.438. The van der Waals surface area contributed by atoms with Crippen LogP contribution in [0.25, 0.3) is 0 Å². The lowest BCUT2D eigenvalue weighted by Gasteiger charge is -2.18. The second kappa shape index (κ2) is 7.09. The Morgan fingerprint density at radius 2 is 2.05 bits per heavy atom. The third kappa shape index (κ3) is 3.86. The zero-order chi connectivity index (χ0) is 15.4. The molecule has 0 spiro atoms. The Morgan fingerprint density at radius 1 is 1.29 bits per heavy atom. The molecule has 0 unspecified atom stereocenters. The third-order valence-corrected chi connectivity index (χ3v) is 4.43. The molecule has 0 saturated carbocycles. The van der Waals surface area contributed by atoms with Crippen LogP contribution in [-0.4, -0.2) is 21.7 Å². The summed E-state index contributed by atoms with van der Waals surface area (Å²) in [6.45, 7) is 6.87. The lowest BCUT2D eigenvalue weighted by Crippen LogP contribution is -2.20. The number of nitrogens with zero attached hydrogens (tertiary/aromatic N) is 3. The van der Waals surface area contributed by atoms with Crippen molar-refractivity contribution < 1.29 is 0 Å². The van der Waals surface area contributed by atoms with E-state index in [1.807, 2.05) is 18.2 Å².